The third kappa shape index (κ3) is 6.76. The first-order chi connectivity index (χ1) is 11.9. The van der Waals surface area contributed by atoms with Crippen molar-refractivity contribution in [2.75, 3.05) is 24.7 Å². The van der Waals surface area contributed by atoms with E-state index in [0.717, 1.165) is 25.0 Å². The largest absolute Gasteiger partial charge is 0.376 e. The van der Waals surface area contributed by atoms with Gasteiger partial charge in [0.15, 0.2) is 9.84 Å². The van der Waals surface area contributed by atoms with E-state index in [0.29, 0.717) is 18.7 Å². The fourth-order valence-corrected chi connectivity index (χ4v) is 3.90. The molecule has 0 bridgehead atoms. The average Bonchev–Trinajstić information content (AvgIpc) is 3.11. The molecule has 1 fully saturated rings. The molecule has 1 aromatic carbocycles. The zero-order chi connectivity index (χ0) is 18.3. The van der Waals surface area contributed by atoms with E-state index in [-0.39, 0.29) is 29.6 Å². The molecular formula is C18H28N2O4S. The molecule has 1 amide bonds. The van der Waals surface area contributed by atoms with Crippen molar-refractivity contribution in [2.45, 2.75) is 45.4 Å². The van der Waals surface area contributed by atoms with E-state index in [4.69, 9.17) is 4.74 Å². The normalized spacial score (nSPS) is 18.9. The molecule has 1 aliphatic rings. The summed E-state index contributed by atoms with van der Waals surface area (Å²) in [6.45, 7) is 5.33. The van der Waals surface area contributed by atoms with Gasteiger partial charge in [0.25, 0.3) is 5.91 Å². The van der Waals surface area contributed by atoms with E-state index in [9.17, 15) is 13.2 Å². The summed E-state index contributed by atoms with van der Waals surface area (Å²) in [5.41, 5.74) is 1.55. The summed E-state index contributed by atoms with van der Waals surface area (Å²) in [6, 6.07) is 7.23. The number of benzene rings is 1. The van der Waals surface area contributed by atoms with E-state index in [1.807, 2.05) is 25.1 Å². The van der Waals surface area contributed by atoms with E-state index >= 15 is 0 Å². The van der Waals surface area contributed by atoms with Crippen LogP contribution < -0.4 is 10.6 Å². The highest BCUT2D eigenvalue weighted by molar-refractivity contribution is 7.91. The van der Waals surface area contributed by atoms with Gasteiger partial charge in [-0.25, -0.2) is 8.42 Å². The third-order valence-electron chi connectivity index (χ3n) is 4.30. The van der Waals surface area contributed by atoms with Gasteiger partial charge in [-0.2, -0.15) is 0 Å². The number of hydrogen-bond acceptors (Lipinski definition) is 5. The smallest absolute Gasteiger partial charge is 0.251 e. The Hall–Kier alpha value is -1.44. The van der Waals surface area contributed by atoms with Crippen LogP contribution in [0.5, 0.6) is 0 Å². The minimum absolute atomic E-state index is 0.112. The average molecular weight is 368 g/mol. The van der Waals surface area contributed by atoms with Crippen molar-refractivity contribution in [1.82, 2.24) is 10.6 Å². The van der Waals surface area contributed by atoms with Gasteiger partial charge in [-0.3, -0.25) is 4.79 Å². The van der Waals surface area contributed by atoms with E-state index in [1.165, 1.54) is 0 Å². The van der Waals surface area contributed by atoms with Crippen LogP contribution in [0.3, 0.4) is 0 Å². The molecule has 0 aliphatic carbocycles. The summed E-state index contributed by atoms with van der Waals surface area (Å²) < 4.78 is 28.8. The Morgan fingerprint density at radius 3 is 2.88 bits per heavy atom. The van der Waals surface area contributed by atoms with Crippen molar-refractivity contribution in [3.05, 3.63) is 35.4 Å². The van der Waals surface area contributed by atoms with Crippen molar-refractivity contribution in [3.8, 4) is 0 Å². The zero-order valence-electron chi connectivity index (χ0n) is 15.0. The molecule has 2 N–H and O–H groups in total. The van der Waals surface area contributed by atoms with Crippen LogP contribution in [-0.4, -0.2) is 51.1 Å². The summed E-state index contributed by atoms with van der Waals surface area (Å²) in [5, 5.41) is 6.11. The number of carbonyl (C=O) groups excluding carboxylic acids is 1. The van der Waals surface area contributed by atoms with Crippen molar-refractivity contribution in [1.29, 1.82) is 0 Å². The first kappa shape index (κ1) is 19.9. The van der Waals surface area contributed by atoms with Gasteiger partial charge in [0.2, 0.25) is 0 Å². The molecule has 7 heteroatoms. The highest BCUT2D eigenvalue weighted by atomic mass is 32.2. The summed E-state index contributed by atoms with van der Waals surface area (Å²) >= 11 is 0. The highest BCUT2D eigenvalue weighted by Gasteiger charge is 2.17. The molecule has 0 spiro atoms. The Kier molecular flexibility index (Phi) is 7.40. The van der Waals surface area contributed by atoms with Gasteiger partial charge < -0.3 is 15.4 Å². The number of carbonyl (C=O) groups is 1. The lowest BCUT2D eigenvalue weighted by Crippen LogP contribution is -2.33. The minimum Gasteiger partial charge on any atom is -0.376 e. The van der Waals surface area contributed by atoms with Crippen LogP contribution in [0.1, 0.15) is 42.6 Å². The zero-order valence-corrected chi connectivity index (χ0v) is 15.8. The summed E-state index contributed by atoms with van der Waals surface area (Å²) in [6.07, 6.45) is 2.16. The number of hydrogen-bond donors (Lipinski definition) is 2. The molecule has 1 heterocycles. The molecule has 25 heavy (non-hydrogen) atoms. The minimum atomic E-state index is -3.00. The summed E-state index contributed by atoms with van der Waals surface area (Å²) in [4.78, 5) is 12.3. The maximum Gasteiger partial charge on any atom is 0.251 e. The van der Waals surface area contributed by atoms with Gasteiger partial charge in [0, 0.05) is 37.1 Å². The van der Waals surface area contributed by atoms with Crippen LogP contribution in [0.25, 0.3) is 0 Å². The molecule has 2 atom stereocenters. The molecule has 0 saturated carbocycles. The molecule has 2 rings (SSSR count). The number of amides is 1. The van der Waals surface area contributed by atoms with Crippen molar-refractivity contribution >= 4 is 15.7 Å². The van der Waals surface area contributed by atoms with Crippen LogP contribution in [0, 0.1) is 0 Å². The second-order valence-corrected chi connectivity index (χ2v) is 8.92. The Morgan fingerprint density at radius 1 is 1.40 bits per heavy atom. The van der Waals surface area contributed by atoms with E-state index < -0.39 is 9.84 Å². The predicted octanol–water partition coefficient (Wildman–Crippen LogP) is 1.51. The van der Waals surface area contributed by atoms with Gasteiger partial charge in [-0.1, -0.05) is 19.1 Å². The predicted molar refractivity (Wildman–Crippen MR) is 98.4 cm³/mol. The van der Waals surface area contributed by atoms with Crippen LogP contribution >= 0.6 is 0 Å². The second kappa shape index (κ2) is 9.31. The van der Waals surface area contributed by atoms with Gasteiger partial charge in [-0.05, 0) is 37.5 Å². The monoisotopic (exact) mass is 368 g/mol. The van der Waals surface area contributed by atoms with Gasteiger partial charge >= 0.3 is 0 Å². The van der Waals surface area contributed by atoms with E-state index in [2.05, 4.69) is 10.6 Å². The lowest BCUT2D eigenvalue weighted by Gasteiger charge is -2.14. The van der Waals surface area contributed by atoms with Crippen LogP contribution in [-0.2, 0) is 21.1 Å². The van der Waals surface area contributed by atoms with Crippen LogP contribution in [0.2, 0.25) is 0 Å². The maximum atomic E-state index is 12.3. The van der Waals surface area contributed by atoms with Gasteiger partial charge in [0.05, 0.1) is 11.9 Å². The Bertz CT molecular complexity index is 669. The number of rotatable bonds is 9. The van der Waals surface area contributed by atoms with Crippen LogP contribution in [0.15, 0.2) is 24.3 Å². The SMILES string of the molecule is CCS(=O)(=O)C[C@H](C)NCc1cccc(C(=O)NC[C@H]2CCCO2)c1. The van der Waals surface area contributed by atoms with E-state index in [1.54, 1.807) is 13.0 Å². The highest BCUT2D eigenvalue weighted by Crippen LogP contribution is 2.11. The number of ether oxygens (including phenoxy) is 1. The maximum absolute atomic E-state index is 12.3. The van der Waals surface area contributed by atoms with Crippen molar-refractivity contribution in [3.63, 3.8) is 0 Å². The molecule has 0 aromatic heterocycles. The fourth-order valence-electron chi connectivity index (χ4n) is 2.79. The third-order valence-corrected chi connectivity index (χ3v) is 6.19. The number of nitrogens with one attached hydrogen (secondary N) is 2. The van der Waals surface area contributed by atoms with Gasteiger partial charge in [-0.15, -0.1) is 0 Å². The molecule has 1 saturated heterocycles. The first-order valence-electron chi connectivity index (χ1n) is 8.82. The molecule has 1 aromatic rings. The lowest BCUT2D eigenvalue weighted by atomic mass is 10.1. The first-order valence-corrected chi connectivity index (χ1v) is 10.6. The van der Waals surface area contributed by atoms with Crippen LogP contribution in [0.4, 0.5) is 0 Å². The molecule has 1 aliphatic heterocycles. The summed E-state index contributed by atoms with van der Waals surface area (Å²) in [7, 11) is -3.00. The second-order valence-electron chi connectivity index (χ2n) is 6.53. The Balaban J connectivity index is 1.84. The van der Waals surface area contributed by atoms with Gasteiger partial charge in [0.1, 0.15) is 0 Å². The quantitative estimate of drug-likeness (QED) is 0.690. The molecule has 140 valence electrons. The molecule has 0 radical (unpaired) electrons. The number of sulfone groups is 1. The fraction of sp³-hybridized carbons (Fsp3) is 0.611. The molecule has 6 nitrogen and oxygen atoms in total. The summed E-state index contributed by atoms with van der Waals surface area (Å²) in [5.74, 6) is 0.156. The topological polar surface area (TPSA) is 84.5 Å². The lowest BCUT2D eigenvalue weighted by molar-refractivity contribution is 0.0857. The molecule has 0 unspecified atom stereocenters. The molecular weight excluding hydrogens is 340 g/mol. The van der Waals surface area contributed by atoms with Crippen molar-refractivity contribution in [2.24, 2.45) is 0 Å². The Labute approximate surface area is 150 Å². The Morgan fingerprint density at radius 2 is 2.20 bits per heavy atom. The standard InChI is InChI=1S/C18H28N2O4S/c1-3-25(22,23)13-14(2)19-11-15-6-4-7-16(10-15)18(21)20-12-17-8-5-9-24-17/h4,6-7,10,14,17,19H,3,5,8-9,11-13H2,1-2H3,(H,20,21)/t14-,17+/m0/s1. The van der Waals surface area contributed by atoms with Crippen molar-refractivity contribution < 1.29 is 17.9 Å².